The van der Waals surface area contributed by atoms with Gasteiger partial charge < -0.3 is 10.2 Å². The van der Waals surface area contributed by atoms with Crippen molar-refractivity contribution in [2.24, 2.45) is 0 Å². The zero-order valence-corrected chi connectivity index (χ0v) is 21.3. The molecule has 2 amide bonds. The van der Waals surface area contributed by atoms with Gasteiger partial charge in [-0.2, -0.15) is 0 Å². The maximum Gasteiger partial charge on any atom is 0.244 e. The van der Waals surface area contributed by atoms with E-state index in [-0.39, 0.29) is 23.9 Å². The van der Waals surface area contributed by atoms with Crippen molar-refractivity contribution in [1.82, 2.24) is 10.2 Å². The zero-order chi connectivity index (χ0) is 25.5. The van der Waals surface area contributed by atoms with E-state index < -0.39 is 28.5 Å². The van der Waals surface area contributed by atoms with E-state index in [4.69, 9.17) is 11.6 Å². The van der Waals surface area contributed by atoms with Crippen LogP contribution >= 0.6 is 11.6 Å². The smallest absolute Gasteiger partial charge is 0.244 e. The molecule has 1 N–H and O–H groups in total. The molecule has 1 atom stereocenters. The zero-order valence-electron chi connectivity index (χ0n) is 19.7. The summed E-state index contributed by atoms with van der Waals surface area (Å²) in [7, 11) is -3.87. The van der Waals surface area contributed by atoms with Crippen LogP contribution in [0, 0.1) is 0 Å². The van der Waals surface area contributed by atoms with Crippen LogP contribution in [-0.2, 0) is 26.2 Å². The van der Waals surface area contributed by atoms with Gasteiger partial charge in [0.1, 0.15) is 12.6 Å². The number of benzene rings is 2. The molecule has 0 saturated heterocycles. The molecule has 0 spiro atoms. The van der Waals surface area contributed by atoms with Gasteiger partial charge in [0.25, 0.3) is 0 Å². The van der Waals surface area contributed by atoms with Crippen molar-refractivity contribution in [2.45, 2.75) is 39.8 Å². The standard InChI is InChI=1S/C24H30ClN3O5S/c1-5-22(24(31)26-6-2)27(15-18-10-12-20(25)13-11-18)23(30)16-28(34(4,32)33)21-9-7-8-19(14-21)17(3)29/h7-14,22H,5-6,15-16H2,1-4H3,(H,26,31). The first kappa shape index (κ1) is 27.3. The number of ketones is 1. The Bertz CT molecular complexity index is 1140. The largest absolute Gasteiger partial charge is 0.355 e. The Kier molecular flexibility index (Phi) is 9.64. The third-order valence-electron chi connectivity index (χ3n) is 5.22. The van der Waals surface area contributed by atoms with Crippen molar-refractivity contribution >= 4 is 44.9 Å². The molecule has 0 bridgehead atoms. The van der Waals surface area contributed by atoms with E-state index >= 15 is 0 Å². The monoisotopic (exact) mass is 507 g/mol. The second kappa shape index (κ2) is 12.0. The molecule has 0 heterocycles. The molecule has 0 fully saturated rings. The minimum absolute atomic E-state index is 0.0940. The topological polar surface area (TPSA) is 104 Å². The molecule has 8 nitrogen and oxygen atoms in total. The second-order valence-electron chi connectivity index (χ2n) is 7.84. The normalized spacial score (nSPS) is 12.0. The van der Waals surface area contributed by atoms with Crippen molar-refractivity contribution < 1.29 is 22.8 Å². The fourth-order valence-corrected chi connectivity index (χ4v) is 4.46. The summed E-state index contributed by atoms with van der Waals surface area (Å²) in [5.74, 6) is -1.10. The van der Waals surface area contributed by atoms with Crippen LogP contribution in [0.15, 0.2) is 48.5 Å². The van der Waals surface area contributed by atoms with Gasteiger partial charge in [-0.05, 0) is 50.1 Å². The number of sulfonamides is 1. The first-order valence-corrected chi connectivity index (χ1v) is 13.1. The minimum Gasteiger partial charge on any atom is -0.355 e. The van der Waals surface area contributed by atoms with Gasteiger partial charge in [0, 0.05) is 23.7 Å². The first-order valence-electron chi connectivity index (χ1n) is 10.9. The molecule has 2 rings (SSSR count). The highest BCUT2D eigenvalue weighted by atomic mass is 35.5. The number of nitrogens with one attached hydrogen (secondary N) is 1. The van der Waals surface area contributed by atoms with E-state index in [0.717, 1.165) is 16.1 Å². The highest BCUT2D eigenvalue weighted by Gasteiger charge is 2.31. The third kappa shape index (κ3) is 7.30. The SMILES string of the molecule is CCNC(=O)C(CC)N(Cc1ccc(Cl)cc1)C(=O)CN(c1cccc(C(C)=O)c1)S(C)(=O)=O. The third-order valence-corrected chi connectivity index (χ3v) is 6.62. The summed E-state index contributed by atoms with van der Waals surface area (Å²) in [6.45, 7) is 4.91. The molecular formula is C24H30ClN3O5S. The molecule has 10 heteroatoms. The maximum atomic E-state index is 13.5. The van der Waals surface area contributed by atoms with Crippen LogP contribution in [0.1, 0.15) is 43.1 Å². The lowest BCUT2D eigenvalue weighted by molar-refractivity contribution is -0.140. The number of hydrogen-bond acceptors (Lipinski definition) is 5. The van der Waals surface area contributed by atoms with Crippen LogP contribution in [0.3, 0.4) is 0 Å². The average molecular weight is 508 g/mol. The highest BCUT2D eigenvalue weighted by Crippen LogP contribution is 2.21. The molecule has 2 aromatic carbocycles. The maximum absolute atomic E-state index is 13.5. The summed E-state index contributed by atoms with van der Waals surface area (Å²) >= 11 is 5.97. The van der Waals surface area contributed by atoms with Gasteiger partial charge in [0.2, 0.25) is 21.8 Å². The van der Waals surface area contributed by atoms with E-state index in [2.05, 4.69) is 5.32 Å². The quantitative estimate of drug-likeness (QED) is 0.470. The number of Topliss-reactive ketones (excluding diaryl/α,β-unsaturated/α-hetero) is 1. The van der Waals surface area contributed by atoms with Crippen LogP contribution in [0.4, 0.5) is 5.69 Å². The lowest BCUT2D eigenvalue weighted by Gasteiger charge is -2.32. The number of rotatable bonds is 11. The average Bonchev–Trinajstić information content (AvgIpc) is 2.78. The van der Waals surface area contributed by atoms with Crippen LogP contribution in [0.25, 0.3) is 0 Å². The predicted molar refractivity (Wildman–Crippen MR) is 133 cm³/mol. The van der Waals surface area contributed by atoms with Gasteiger partial charge >= 0.3 is 0 Å². The van der Waals surface area contributed by atoms with E-state index in [0.29, 0.717) is 23.6 Å². The van der Waals surface area contributed by atoms with Crippen molar-refractivity contribution in [3.63, 3.8) is 0 Å². The Hall–Kier alpha value is -2.91. The van der Waals surface area contributed by atoms with E-state index in [9.17, 15) is 22.8 Å². The van der Waals surface area contributed by atoms with Gasteiger partial charge in [0.15, 0.2) is 5.78 Å². The van der Waals surface area contributed by atoms with E-state index in [1.165, 1.54) is 24.0 Å². The van der Waals surface area contributed by atoms with Gasteiger partial charge in [-0.15, -0.1) is 0 Å². The summed E-state index contributed by atoms with van der Waals surface area (Å²) < 4.78 is 26.2. The molecule has 184 valence electrons. The van der Waals surface area contributed by atoms with Crippen molar-refractivity contribution in [2.75, 3.05) is 23.7 Å². The molecule has 0 aliphatic rings. The van der Waals surface area contributed by atoms with Crippen LogP contribution in [-0.4, -0.2) is 56.3 Å². The van der Waals surface area contributed by atoms with Crippen molar-refractivity contribution in [1.29, 1.82) is 0 Å². The molecule has 0 saturated carbocycles. The lowest BCUT2D eigenvalue weighted by Crippen LogP contribution is -2.52. The van der Waals surface area contributed by atoms with Crippen molar-refractivity contribution in [3.8, 4) is 0 Å². The number of halogens is 1. The van der Waals surface area contributed by atoms with Gasteiger partial charge in [-0.1, -0.05) is 42.8 Å². The Balaban J connectivity index is 2.45. The molecule has 34 heavy (non-hydrogen) atoms. The summed E-state index contributed by atoms with van der Waals surface area (Å²) in [6, 6.07) is 12.1. The van der Waals surface area contributed by atoms with Gasteiger partial charge in [-0.25, -0.2) is 8.42 Å². The molecule has 2 aromatic rings. The lowest BCUT2D eigenvalue weighted by atomic mass is 10.1. The summed E-state index contributed by atoms with van der Waals surface area (Å²) in [6.07, 6.45) is 1.33. The number of hydrogen-bond donors (Lipinski definition) is 1. The summed E-state index contributed by atoms with van der Waals surface area (Å²) in [5.41, 5.74) is 1.26. The molecule has 0 radical (unpaired) electrons. The van der Waals surface area contributed by atoms with Crippen molar-refractivity contribution in [3.05, 3.63) is 64.7 Å². The Morgan fingerprint density at radius 3 is 2.24 bits per heavy atom. The first-order chi connectivity index (χ1) is 16.0. The number of carbonyl (C=O) groups excluding carboxylic acids is 3. The molecular weight excluding hydrogens is 478 g/mol. The fraction of sp³-hybridized carbons (Fsp3) is 0.375. The van der Waals surface area contributed by atoms with Crippen LogP contribution in [0.2, 0.25) is 5.02 Å². The number of likely N-dealkylation sites (N-methyl/N-ethyl adjacent to an activating group) is 1. The predicted octanol–water partition coefficient (Wildman–Crippen LogP) is 3.25. The van der Waals surface area contributed by atoms with Gasteiger partial charge in [-0.3, -0.25) is 18.7 Å². The number of nitrogens with zero attached hydrogens (tertiary/aromatic N) is 2. The minimum atomic E-state index is -3.87. The number of amides is 2. The second-order valence-corrected chi connectivity index (χ2v) is 10.2. The Morgan fingerprint density at radius 2 is 1.71 bits per heavy atom. The summed E-state index contributed by atoms with van der Waals surface area (Å²) in [4.78, 5) is 39.4. The van der Waals surface area contributed by atoms with Crippen LogP contribution in [0.5, 0.6) is 0 Å². The number of carbonyl (C=O) groups is 3. The summed E-state index contributed by atoms with van der Waals surface area (Å²) in [5, 5.41) is 3.27. The molecule has 1 unspecified atom stereocenters. The van der Waals surface area contributed by atoms with Gasteiger partial charge in [0.05, 0.1) is 11.9 Å². The van der Waals surface area contributed by atoms with E-state index in [1.54, 1.807) is 50.2 Å². The fourth-order valence-electron chi connectivity index (χ4n) is 3.49. The molecule has 0 aliphatic heterocycles. The van der Waals surface area contributed by atoms with Crippen LogP contribution < -0.4 is 9.62 Å². The Morgan fingerprint density at radius 1 is 1.06 bits per heavy atom. The Labute approximate surface area is 205 Å². The number of anilines is 1. The highest BCUT2D eigenvalue weighted by molar-refractivity contribution is 7.92. The molecule has 0 aromatic heterocycles. The van der Waals surface area contributed by atoms with E-state index in [1.807, 2.05) is 0 Å². The molecule has 0 aliphatic carbocycles.